The molecule has 0 atom stereocenters. The van der Waals surface area contributed by atoms with Gasteiger partial charge in [-0.1, -0.05) is 49.4 Å². The Kier molecular flexibility index (Phi) is 5.51. The summed E-state index contributed by atoms with van der Waals surface area (Å²) >= 11 is 0. The predicted octanol–water partition coefficient (Wildman–Crippen LogP) is 4.18. The molecular formula is C23H26N4O. The van der Waals surface area contributed by atoms with Gasteiger partial charge in [-0.15, -0.1) is 0 Å². The van der Waals surface area contributed by atoms with Gasteiger partial charge >= 0.3 is 0 Å². The van der Waals surface area contributed by atoms with E-state index in [1.807, 2.05) is 48.5 Å². The minimum absolute atomic E-state index is 0.130. The van der Waals surface area contributed by atoms with Crippen molar-refractivity contribution in [2.45, 2.75) is 38.6 Å². The van der Waals surface area contributed by atoms with Gasteiger partial charge in [0.25, 0.3) is 0 Å². The van der Waals surface area contributed by atoms with Gasteiger partial charge in [-0.25, -0.2) is 9.97 Å². The lowest BCUT2D eigenvalue weighted by atomic mass is 10.1. The fraction of sp³-hybridized carbons (Fsp3) is 0.348. The van der Waals surface area contributed by atoms with E-state index >= 15 is 0 Å². The zero-order chi connectivity index (χ0) is 19.3. The van der Waals surface area contributed by atoms with Crippen LogP contribution in [0.15, 0.2) is 54.6 Å². The predicted molar refractivity (Wildman–Crippen MR) is 113 cm³/mol. The second-order valence-corrected chi connectivity index (χ2v) is 7.33. The maximum absolute atomic E-state index is 12.2. The summed E-state index contributed by atoms with van der Waals surface area (Å²) in [5, 5.41) is 4.10. The summed E-state index contributed by atoms with van der Waals surface area (Å²) in [5.74, 6) is 1.76. The first kappa shape index (κ1) is 18.4. The highest BCUT2D eigenvalue weighted by molar-refractivity contribution is 5.91. The minimum atomic E-state index is 0.130. The van der Waals surface area contributed by atoms with Crippen LogP contribution in [0.5, 0.6) is 0 Å². The molecule has 0 bridgehead atoms. The molecule has 1 aromatic heterocycles. The molecule has 28 heavy (non-hydrogen) atoms. The summed E-state index contributed by atoms with van der Waals surface area (Å²) in [4.78, 5) is 24.1. The van der Waals surface area contributed by atoms with Crippen molar-refractivity contribution in [1.82, 2.24) is 15.3 Å². The number of fused-ring (bicyclic) bond motifs is 1. The fourth-order valence-electron chi connectivity index (χ4n) is 3.37. The van der Waals surface area contributed by atoms with Crippen molar-refractivity contribution < 1.29 is 4.79 Å². The van der Waals surface area contributed by atoms with Crippen LogP contribution in [0.2, 0.25) is 0 Å². The van der Waals surface area contributed by atoms with E-state index in [1.165, 1.54) is 0 Å². The molecule has 1 aliphatic rings. The van der Waals surface area contributed by atoms with Crippen molar-refractivity contribution in [3.8, 4) is 11.4 Å². The Morgan fingerprint density at radius 1 is 1.04 bits per heavy atom. The lowest BCUT2D eigenvalue weighted by molar-refractivity contribution is -0.121. The Balaban J connectivity index is 1.67. The molecule has 5 nitrogen and oxygen atoms in total. The van der Waals surface area contributed by atoms with Crippen molar-refractivity contribution >= 4 is 22.6 Å². The number of carbonyl (C=O) groups excluding carboxylic acids is 1. The quantitative estimate of drug-likeness (QED) is 0.642. The summed E-state index contributed by atoms with van der Waals surface area (Å²) in [6, 6.07) is 18.6. The van der Waals surface area contributed by atoms with Gasteiger partial charge in [-0.3, -0.25) is 4.79 Å². The van der Waals surface area contributed by atoms with Gasteiger partial charge in [-0.2, -0.15) is 0 Å². The number of anilines is 1. The van der Waals surface area contributed by atoms with E-state index in [2.05, 4.69) is 23.2 Å². The number of nitrogens with one attached hydrogen (secondary N) is 1. The van der Waals surface area contributed by atoms with Crippen molar-refractivity contribution in [3.05, 3.63) is 54.6 Å². The van der Waals surface area contributed by atoms with E-state index in [9.17, 15) is 4.79 Å². The number of amides is 1. The fourth-order valence-corrected chi connectivity index (χ4v) is 3.37. The molecular weight excluding hydrogens is 348 g/mol. The zero-order valence-electron chi connectivity index (χ0n) is 16.3. The highest BCUT2D eigenvalue weighted by Gasteiger charge is 2.23. The van der Waals surface area contributed by atoms with E-state index in [4.69, 9.17) is 9.97 Å². The second-order valence-electron chi connectivity index (χ2n) is 7.33. The third-order valence-corrected chi connectivity index (χ3v) is 4.96. The van der Waals surface area contributed by atoms with Gasteiger partial charge in [0.05, 0.1) is 5.52 Å². The first-order chi connectivity index (χ1) is 13.7. The highest BCUT2D eigenvalue weighted by atomic mass is 16.1. The van der Waals surface area contributed by atoms with E-state index in [-0.39, 0.29) is 5.91 Å². The Morgan fingerprint density at radius 2 is 1.79 bits per heavy atom. The van der Waals surface area contributed by atoms with Crippen LogP contribution < -0.4 is 10.2 Å². The van der Waals surface area contributed by atoms with Crippen LogP contribution in [0.4, 0.5) is 5.82 Å². The Labute approximate surface area is 165 Å². The molecule has 1 saturated carbocycles. The first-order valence-electron chi connectivity index (χ1n) is 10.1. The highest BCUT2D eigenvalue weighted by Crippen LogP contribution is 2.28. The Bertz CT molecular complexity index is 953. The maximum Gasteiger partial charge on any atom is 0.221 e. The Hall–Kier alpha value is -2.95. The minimum Gasteiger partial charge on any atom is -0.355 e. The molecule has 1 amide bonds. The number of benzene rings is 2. The molecule has 0 unspecified atom stereocenters. The van der Waals surface area contributed by atoms with Crippen molar-refractivity contribution in [1.29, 1.82) is 0 Å². The molecule has 0 radical (unpaired) electrons. The summed E-state index contributed by atoms with van der Waals surface area (Å²) in [5.41, 5.74) is 1.92. The lowest BCUT2D eigenvalue weighted by Gasteiger charge is -2.25. The molecule has 4 rings (SSSR count). The van der Waals surface area contributed by atoms with Gasteiger partial charge in [-0.05, 0) is 31.4 Å². The lowest BCUT2D eigenvalue weighted by Crippen LogP contribution is -2.33. The molecule has 0 aliphatic heterocycles. The molecule has 2 aromatic carbocycles. The van der Waals surface area contributed by atoms with Crippen molar-refractivity contribution in [3.63, 3.8) is 0 Å². The van der Waals surface area contributed by atoms with Crippen LogP contribution in [0, 0.1) is 0 Å². The van der Waals surface area contributed by atoms with Gasteiger partial charge in [0.15, 0.2) is 5.82 Å². The Morgan fingerprint density at radius 3 is 2.54 bits per heavy atom. The number of hydrogen-bond donors (Lipinski definition) is 1. The summed E-state index contributed by atoms with van der Waals surface area (Å²) in [7, 11) is 0. The average Bonchev–Trinajstić information content (AvgIpc) is 3.55. The molecule has 1 fully saturated rings. The number of aromatic nitrogens is 2. The van der Waals surface area contributed by atoms with Crippen LogP contribution in [0.1, 0.15) is 32.6 Å². The summed E-state index contributed by atoms with van der Waals surface area (Å²) < 4.78 is 0. The molecule has 1 N–H and O–H groups in total. The normalized spacial score (nSPS) is 13.5. The number of carbonyl (C=O) groups is 1. The molecule has 1 aliphatic carbocycles. The molecule has 3 aromatic rings. The average molecular weight is 374 g/mol. The largest absolute Gasteiger partial charge is 0.355 e. The molecule has 0 spiro atoms. The van der Waals surface area contributed by atoms with Crippen LogP contribution >= 0.6 is 0 Å². The van der Waals surface area contributed by atoms with Crippen LogP contribution in [0.3, 0.4) is 0 Å². The smallest absolute Gasteiger partial charge is 0.221 e. The van der Waals surface area contributed by atoms with Crippen molar-refractivity contribution in [2.75, 3.05) is 18.0 Å². The number of nitrogens with zero attached hydrogens (tertiary/aromatic N) is 3. The monoisotopic (exact) mass is 374 g/mol. The van der Waals surface area contributed by atoms with Gasteiger partial charge < -0.3 is 10.2 Å². The zero-order valence-corrected chi connectivity index (χ0v) is 16.3. The van der Waals surface area contributed by atoms with Crippen LogP contribution in [-0.2, 0) is 4.79 Å². The molecule has 5 heteroatoms. The van der Waals surface area contributed by atoms with Crippen LogP contribution in [0.25, 0.3) is 22.3 Å². The van der Waals surface area contributed by atoms with Gasteiger partial charge in [0, 0.05) is 36.5 Å². The van der Waals surface area contributed by atoms with Crippen LogP contribution in [-0.4, -0.2) is 35.0 Å². The van der Waals surface area contributed by atoms with E-state index < -0.39 is 0 Å². The van der Waals surface area contributed by atoms with Crippen molar-refractivity contribution in [2.24, 2.45) is 0 Å². The molecule has 1 heterocycles. The number of para-hydroxylation sites is 1. The summed E-state index contributed by atoms with van der Waals surface area (Å²) in [6.07, 6.45) is 3.70. The number of hydrogen-bond acceptors (Lipinski definition) is 4. The maximum atomic E-state index is 12.2. The standard InChI is InChI=1S/C23H26N4O/c1-2-15-27(16-14-21(28)24-18-12-13-18)23-19-10-6-7-11-20(19)25-22(26-23)17-8-4-3-5-9-17/h3-11,18H,2,12-16H2,1H3,(H,24,28). The number of rotatable bonds is 8. The third-order valence-electron chi connectivity index (χ3n) is 4.96. The second kappa shape index (κ2) is 8.38. The topological polar surface area (TPSA) is 58.1 Å². The van der Waals surface area contributed by atoms with Gasteiger partial charge in [0.2, 0.25) is 5.91 Å². The van der Waals surface area contributed by atoms with Gasteiger partial charge in [0.1, 0.15) is 5.82 Å². The molecule has 0 saturated heterocycles. The van der Waals surface area contributed by atoms with E-state index in [0.29, 0.717) is 19.0 Å². The summed E-state index contributed by atoms with van der Waals surface area (Å²) in [6.45, 7) is 3.66. The van der Waals surface area contributed by atoms with E-state index in [0.717, 1.165) is 53.9 Å². The molecule has 144 valence electrons. The SMILES string of the molecule is CCCN(CCC(=O)NC1CC1)c1nc(-c2ccccc2)nc2ccccc12. The van der Waals surface area contributed by atoms with E-state index in [1.54, 1.807) is 0 Å². The third kappa shape index (κ3) is 4.30. The first-order valence-corrected chi connectivity index (χ1v) is 10.1.